The SMILES string of the molecule is CC(C)(C)C(=O)C1=NN2c3cc(F)ccc3OC[C@H]2[C@H]1c1ccccc1. The number of ketones is 1. The minimum absolute atomic E-state index is 0.00120. The lowest BCUT2D eigenvalue weighted by atomic mass is 9.79. The summed E-state index contributed by atoms with van der Waals surface area (Å²) >= 11 is 0. The molecule has 2 aliphatic heterocycles. The Kier molecular flexibility index (Phi) is 3.83. The second kappa shape index (κ2) is 5.94. The molecule has 2 aromatic carbocycles. The number of benzene rings is 2. The molecule has 0 saturated carbocycles. The van der Waals surface area contributed by atoms with Crippen molar-refractivity contribution >= 4 is 17.2 Å². The van der Waals surface area contributed by atoms with Gasteiger partial charge in [0.15, 0.2) is 5.78 Å². The fourth-order valence-corrected chi connectivity index (χ4v) is 3.55. The van der Waals surface area contributed by atoms with Gasteiger partial charge in [-0.3, -0.25) is 9.80 Å². The van der Waals surface area contributed by atoms with Crippen molar-refractivity contribution in [1.82, 2.24) is 0 Å². The molecule has 0 radical (unpaired) electrons. The van der Waals surface area contributed by atoms with E-state index in [2.05, 4.69) is 5.10 Å². The molecule has 0 amide bonds. The van der Waals surface area contributed by atoms with Crippen LogP contribution in [0.25, 0.3) is 0 Å². The largest absolute Gasteiger partial charge is 0.489 e. The quantitative estimate of drug-likeness (QED) is 0.815. The summed E-state index contributed by atoms with van der Waals surface area (Å²) in [7, 11) is 0. The first-order chi connectivity index (χ1) is 12.4. The molecule has 2 aliphatic rings. The zero-order chi connectivity index (χ0) is 18.5. The van der Waals surface area contributed by atoms with Crippen LogP contribution in [0.3, 0.4) is 0 Å². The van der Waals surface area contributed by atoms with Crippen LogP contribution in [-0.4, -0.2) is 24.1 Å². The highest BCUT2D eigenvalue weighted by molar-refractivity contribution is 6.44. The van der Waals surface area contributed by atoms with Crippen molar-refractivity contribution in [2.45, 2.75) is 32.7 Å². The third kappa shape index (κ3) is 2.68. The fourth-order valence-electron chi connectivity index (χ4n) is 3.55. The summed E-state index contributed by atoms with van der Waals surface area (Å²) in [5.41, 5.74) is 1.54. The molecule has 0 fully saturated rings. The molecular formula is C21H21FN2O2. The lowest BCUT2D eigenvalue weighted by Crippen LogP contribution is -2.42. The Morgan fingerprint density at radius 2 is 1.92 bits per heavy atom. The normalized spacial score (nSPS) is 21.5. The smallest absolute Gasteiger partial charge is 0.184 e. The van der Waals surface area contributed by atoms with E-state index in [0.717, 1.165) is 5.56 Å². The van der Waals surface area contributed by atoms with Gasteiger partial charge in [0.2, 0.25) is 0 Å². The van der Waals surface area contributed by atoms with Crippen LogP contribution in [0, 0.1) is 11.2 Å². The lowest BCUT2D eigenvalue weighted by Gasteiger charge is -2.33. The fraction of sp³-hybridized carbons (Fsp3) is 0.333. The van der Waals surface area contributed by atoms with Gasteiger partial charge in [-0.05, 0) is 17.7 Å². The zero-order valence-electron chi connectivity index (χ0n) is 15.1. The molecule has 2 heterocycles. The van der Waals surface area contributed by atoms with Gasteiger partial charge in [-0.25, -0.2) is 4.39 Å². The molecular weight excluding hydrogens is 331 g/mol. The number of carbonyl (C=O) groups is 1. The third-order valence-electron chi connectivity index (χ3n) is 4.86. The number of Topliss-reactive ketones (excluding diaryl/α,β-unsaturated/α-hetero) is 1. The van der Waals surface area contributed by atoms with E-state index < -0.39 is 5.41 Å². The monoisotopic (exact) mass is 352 g/mol. The highest BCUT2D eigenvalue weighted by Crippen LogP contribution is 2.43. The third-order valence-corrected chi connectivity index (χ3v) is 4.86. The van der Waals surface area contributed by atoms with Crippen LogP contribution in [0.5, 0.6) is 5.75 Å². The highest BCUT2D eigenvalue weighted by atomic mass is 19.1. The Hall–Kier alpha value is -2.69. The van der Waals surface area contributed by atoms with Gasteiger partial charge in [0.25, 0.3) is 0 Å². The van der Waals surface area contributed by atoms with E-state index in [1.165, 1.54) is 12.1 Å². The summed E-state index contributed by atoms with van der Waals surface area (Å²) < 4.78 is 19.7. The van der Waals surface area contributed by atoms with Gasteiger partial charge in [-0.15, -0.1) is 0 Å². The number of halogens is 1. The van der Waals surface area contributed by atoms with Crippen molar-refractivity contribution in [3.63, 3.8) is 0 Å². The average molecular weight is 352 g/mol. The number of hydrogen-bond acceptors (Lipinski definition) is 4. The van der Waals surface area contributed by atoms with Gasteiger partial charge in [0.1, 0.15) is 29.6 Å². The van der Waals surface area contributed by atoms with Crippen LogP contribution in [0.1, 0.15) is 32.3 Å². The second-order valence-electron chi connectivity index (χ2n) is 7.79. The van der Waals surface area contributed by atoms with Gasteiger partial charge in [-0.2, -0.15) is 5.10 Å². The highest BCUT2D eigenvalue weighted by Gasteiger charge is 2.47. The minimum atomic E-state index is -0.550. The number of anilines is 1. The van der Waals surface area contributed by atoms with Crippen LogP contribution in [0.4, 0.5) is 10.1 Å². The first kappa shape index (κ1) is 16.8. The topological polar surface area (TPSA) is 41.9 Å². The molecule has 2 aromatic rings. The second-order valence-corrected chi connectivity index (χ2v) is 7.79. The van der Waals surface area contributed by atoms with Crippen LogP contribution in [0.2, 0.25) is 0 Å². The van der Waals surface area contributed by atoms with Gasteiger partial charge < -0.3 is 4.74 Å². The summed E-state index contributed by atoms with van der Waals surface area (Å²) in [5.74, 6) is 0.0239. The first-order valence-electron chi connectivity index (χ1n) is 8.76. The number of hydrazone groups is 1. The molecule has 134 valence electrons. The lowest BCUT2D eigenvalue weighted by molar-refractivity contribution is -0.119. The predicted octanol–water partition coefficient (Wildman–Crippen LogP) is 4.16. The van der Waals surface area contributed by atoms with Gasteiger partial charge >= 0.3 is 0 Å². The Balaban J connectivity index is 1.84. The van der Waals surface area contributed by atoms with Crippen LogP contribution in [-0.2, 0) is 4.79 Å². The molecule has 5 heteroatoms. The number of fused-ring (bicyclic) bond motifs is 3. The Morgan fingerprint density at radius 1 is 1.19 bits per heavy atom. The van der Waals surface area contributed by atoms with Crippen molar-refractivity contribution in [2.24, 2.45) is 10.5 Å². The van der Waals surface area contributed by atoms with Crippen molar-refractivity contribution in [3.05, 3.63) is 59.9 Å². The van der Waals surface area contributed by atoms with Gasteiger partial charge in [-0.1, -0.05) is 51.1 Å². The Labute approximate surface area is 152 Å². The Bertz CT molecular complexity index is 887. The van der Waals surface area contributed by atoms with Crippen molar-refractivity contribution < 1.29 is 13.9 Å². The molecule has 0 N–H and O–H groups in total. The minimum Gasteiger partial charge on any atom is -0.489 e. The summed E-state index contributed by atoms with van der Waals surface area (Å²) in [4.78, 5) is 13.1. The van der Waals surface area contributed by atoms with E-state index in [-0.39, 0.29) is 23.6 Å². The van der Waals surface area contributed by atoms with E-state index in [4.69, 9.17) is 4.74 Å². The van der Waals surface area contributed by atoms with E-state index >= 15 is 0 Å². The maximum absolute atomic E-state index is 13.8. The van der Waals surface area contributed by atoms with Crippen LogP contribution >= 0.6 is 0 Å². The molecule has 0 bridgehead atoms. The summed E-state index contributed by atoms with van der Waals surface area (Å²) in [6.45, 7) is 6.06. The molecule has 4 nitrogen and oxygen atoms in total. The van der Waals surface area contributed by atoms with Crippen molar-refractivity contribution in [1.29, 1.82) is 0 Å². The molecule has 0 aromatic heterocycles. The molecule has 0 aliphatic carbocycles. The van der Waals surface area contributed by atoms with Gasteiger partial charge in [0.05, 0.1) is 12.0 Å². The molecule has 4 rings (SSSR count). The summed E-state index contributed by atoms with van der Waals surface area (Å²) in [6.07, 6.45) is 0. The van der Waals surface area contributed by atoms with E-state index in [1.807, 2.05) is 51.1 Å². The predicted molar refractivity (Wildman–Crippen MR) is 99.2 cm³/mol. The molecule has 0 spiro atoms. The first-order valence-corrected chi connectivity index (χ1v) is 8.76. The molecule has 0 saturated heterocycles. The number of ether oxygens (including phenoxy) is 1. The zero-order valence-corrected chi connectivity index (χ0v) is 15.1. The van der Waals surface area contributed by atoms with Crippen molar-refractivity contribution in [3.8, 4) is 5.75 Å². The number of rotatable bonds is 2. The number of nitrogens with zero attached hydrogens (tertiary/aromatic N) is 2. The van der Waals surface area contributed by atoms with Crippen LogP contribution < -0.4 is 9.75 Å². The Morgan fingerprint density at radius 3 is 2.62 bits per heavy atom. The molecule has 2 atom stereocenters. The van der Waals surface area contributed by atoms with E-state index in [0.29, 0.717) is 23.8 Å². The van der Waals surface area contributed by atoms with Crippen LogP contribution in [0.15, 0.2) is 53.6 Å². The molecule has 26 heavy (non-hydrogen) atoms. The number of carbonyl (C=O) groups excluding carboxylic acids is 1. The average Bonchev–Trinajstić information content (AvgIpc) is 3.00. The van der Waals surface area contributed by atoms with Crippen molar-refractivity contribution in [2.75, 3.05) is 11.6 Å². The van der Waals surface area contributed by atoms with E-state index in [1.54, 1.807) is 11.1 Å². The van der Waals surface area contributed by atoms with E-state index in [9.17, 15) is 9.18 Å². The number of hydrogen-bond donors (Lipinski definition) is 0. The summed E-state index contributed by atoms with van der Waals surface area (Å²) in [5, 5.41) is 6.43. The standard InChI is InChI=1S/C21H21FN2O2/c1-21(2,3)20(25)19-18(13-7-5-4-6-8-13)16-12-26-17-10-9-14(22)11-15(17)24(16)23-19/h4-11,16,18H,12H2,1-3H3/t16-,18+/m0/s1. The maximum atomic E-state index is 13.8. The maximum Gasteiger partial charge on any atom is 0.184 e. The molecule has 0 unspecified atom stereocenters. The van der Waals surface area contributed by atoms with Gasteiger partial charge in [0, 0.05) is 11.5 Å². The summed E-state index contributed by atoms with van der Waals surface area (Å²) in [6, 6.07) is 14.1.